The van der Waals surface area contributed by atoms with Gasteiger partial charge in [-0.3, -0.25) is 19.2 Å². The number of aryl methyl sites for hydroxylation is 1. The van der Waals surface area contributed by atoms with Crippen LogP contribution in [0, 0.1) is 0 Å². The van der Waals surface area contributed by atoms with Gasteiger partial charge in [0.15, 0.2) is 5.17 Å². The molecule has 12 heteroatoms. The molecule has 0 saturated carbocycles. The van der Waals surface area contributed by atoms with E-state index < -0.39 is 5.97 Å². The zero-order valence-corrected chi connectivity index (χ0v) is 23.5. The second kappa shape index (κ2) is 13.4. The summed E-state index contributed by atoms with van der Waals surface area (Å²) in [7, 11) is 3.40. The monoisotopic (exact) mass is 567 g/mol. The van der Waals surface area contributed by atoms with Crippen LogP contribution in [0.15, 0.2) is 58.8 Å². The smallest absolute Gasteiger partial charge is 0.341 e. The van der Waals surface area contributed by atoms with Crippen molar-refractivity contribution in [1.29, 1.82) is 0 Å². The number of thiophene rings is 1. The molecule has 2 aromatic heterocycles. The number of nitrogens with one attached hydrogen (secondary N) is 1. The number of hydrogen-bond donors (Lipinski definition) is 1. The highest BCUT2D eigenvalue weighted by Gasteiger charge is 2.31. The number of nitrogens with zero attached hydrogens (tertiary/aromatic N) is 4. The summed E-state index contributed by atoms with van der Waals surface area (Å²) in [6.45, 7) is 2.85. The number of carbonyl (C=O) groups excluding carboxylic acids is 3. The molecule has 1 aliphatic heterocycles. The molecule has 3 heterocycles. The number of methoxy groups -OCH3 is 1. The summed E-state index contributed by atoms with van der Waals surface area (Å²) in [5, 5.41) is 9.65. The lowest BCUT2D eigenvalue weighted by Gasteiger charge is -2.17. The minimum absolute atomic E-state index is 0.00605. The number of ether oxygens (including phenoxy) is 2. The first-order chi connectivity index (χ1) is 18.9. The van der Waals surface area contributed by atoms with E-state index in [-0.39, 0.29) is 29.9 Å². The van der Waals surface area contributed by atoms with Gasteiger partial charge in [0.05, 0.1) is 18.6 Å². The van der Waals surface area contributed by atoms with Crippen LogP contribution >= 0.6 is 23.1 Å². The molecule has 10 nitrogen and oxygen atoms in total. The number of thioether (sulfide) groups is 1. The Bertz CT molecular complexity index is 1400. The van der Waals surface area contributed by atoms with E-state index in [1.165, 1.54) is 11.3 Å². The van der Waals surface area contributed by atoms with Crippen LogP contribution in [0.4, 0.5) is 5.00 Å². The highest BCUT2D eigenvalue weighted by atomic mass is 32.2. The summed E-state index contributed by atoms with van der Waals surface area (Å²) < 4.78 is 12.0. The molecular weight excluding hydrogens is 538 g/mol. The van der Waals surface area contributed by atoms with Crippen LogP contribution in [0.5, 0.6) is 0 Å². The number of benzene rings is 1. The van der Waals surface area contributed by atoms with Gasteiger partial charge in [-0.15, -0.1) is 11.3 Å². The van der Waals surface area contributed by atoms with Gasteiger partial charge in [-0.2, -0.15) is 5.10 Å². The Labute approximate surface area is 234 Å². The molecule has 1 aromatic carbocycles. The molecule has 1 aliphatic rings. The van der Waals surface area contributed by atoms with Gasteiger partial charge in [-0.05, 0) is 25.0 Å². The maximum absolute atomic E-state index is 13.1. The van der Waals surface area contributed by atoms with E-state index in [2.05, 4.69) is 15.4 Å². The highest BCUT2D eigenvalue weighted by Crippen LogP contribution is 2.36. The van der Waals surface area contributed by atoms with E-state index in [9.17, 15) is 14.4 Å². The summed E-state index contributed by atoms with van der Waals surface area (Å²) in [6.07, 6.45) is 5.73. The maximum Gasteiger partial charge on any atom is 0.341 e. The van der Waals surface area contributed by atoms with Gasteiger partial charge in [0, 0.05) is 50.0 Å². The third kappa shape index (κ3) is 7.02. The van der Waals surface area contributed by atoms with Gasteiger partial charge in [0.2, 0.25) is 5.91 Å². The lowest BCUT2D eigenvalue weighted by molar-refractivity contribution is -0.122. The van der Waals surface area contributed by atoms with Gasteiger partial charge in [-0.25, -0.2) is 9.79 Å². The average Bonchev–Trinajstić information content (AvgIpc) is 3.62. The van der Waals surface area contributed by atoms with Gasteiger partial charge in [-0.1, -0.05) is 42.1 Å². The van der Waals surface area contributed by atoms with Crippen LogP contribution in [0.1, 0.15) is 29.3 Å². The van der Waals surface area contributed by atoms with E-state index in [4.69, 9.17) is 9.47 Å². The van der Waals surface area contributed by atoms with E-state index in [0.717, 1.165) is 22.9 Å². The van der Waals surface area contributed by atoms with Crippen molar-refractivity contribution >= 4 is 57.1 Å². The van der Waals surface area contributed by atoms with Crippen molar-refractivity contribution < 1.29 is 23.9 Å². The minimum atomic E-state index is -0.499. The van der Waals surface area contributed by atoms with Gasteiger partial charge < -0.3 is 14.8 Å². The van der Waals surface area contributed by atoms with E-state index >= 15 is 0 Å². The standard InChI is InChI=1S/C27H29N5O5S2/c1-4-37-26(35)23-20(19-9-6-5-7-10-19)16-38-24(23)30-22(33)17-39-27-29-21(13-18-14-28-31(2)15-18)25(34)32(27)11-8-12-36-3/h5-7,9-10,13-16H,4,8,11-12,17H2,1-3H3,(H,30,33)/b21-13+. The van der Waals surface area contributed by atoms with Gasteiger partial charge in [0.1, 0.15) is 16.3 Å². The van der Waals surface area contributed by atoms with E-state index in [1.54, 1.807) is 49.1 Å². The number of anilines is 1. The molecule has 4 rings (SSSR count). The van der Waals surface area contributed by atoms with Crippen LogP contribution in [0.25, 0.3) is 17.2 Å². The van der Waals surface area contributed by atoms with Crippen molar-refractivity contribution in [3.63, 3.8) is 0 Å². The number of esters is 1. The Balaban J connectivity index is 1.50. The number of carbonyl (C=O) groups is 3. The van der Waals surface area contributed by atoms with Crippen molar-refractivity contribution in [2.45, 2.75) is 13.3 Å². The molecule has 0 spiro atoms. The molecule has 0 bridgehead atoms. The Kier molecular flexibility index (Phi) is 9.69. The summed E-state index contributed by atoms with van der Waals surface area (Å²) in [6, 6.07) is 9.46. The molecule has 0 atom stereocenters. The minimum Gasteiger partial charge on any atom is -0.462 e. The summed E-state index contributed by atoms with van der Waals surface area (Å²) in [4.78, 5) is 45.0. The number of hydrogen-bond acceptors (Lipinski definition) is 9. The fourth-order valence-corrected chi connectivity index (χ4v) is 5.65. The molecule has 204 valence electrons. The summed E-state index contributed by atoms with van der Waals surface area (Å²) in [5.41, 5.74) is 2.90. The number of amidine groups is 1. The summed E-state index contributed by atoms with van der Waals surface area (Å²) in [5.74, 6) is -1.08. The van der Waals surface area contributed by atoms with Crippen LogP contribution in [0.3, 0.4) is 0 Å². The predicted octanol–water partition coefficient (Wildman–Crippen LogP) is 4.27. The Morgan fingerprint density at radius 1 is 1.23 bits per heavy atom. The lowest BCUT2D eigenvalue weighted by atomic mass is 10.0. The van der Waals surface area contributed by atoms with Gasteiger partial charge in [0.25, 0.3) is 5.91 Å². The average molecular weight is 568 g/mol. The third-order valence-electron chi connectivity index (χ3n) is 5.61. The molecule has 39 heavy (non-hydrogen) atoms. The molecule has 3 aromatic rings. The molecule has 1 N–H and O–H groups in total. The second-order valence-electron chi connectivity index (χ2n) is 8.45. The molecular formula is C27H29N5O5S2. The zero-order valence-electron chi connectivity index (χ0n) is 21.9. The van der Waals surface area contributed by atoms with Crippen LogP contribution in [-0.2, 0) is 26.1 Å². The van der Waals surface area contributed by atoms with Gasteiger partial charge >= 0.3 is 5.97 Å². The van der Waals surface area contributed by atoms with Crippen LogP contribution in [-0.4, -0.2) is 70.3 Å². The first kappa shape index (κ1) is 28.3. The Hall–Kier alpha value is -3.74. The molecule has 0 saturated heterocycles. The molecule has 0 unspecified atom stereocenters. The lowest BCUT2D eigenvalue weighted by Crippen LogP contribution is -2.32. The largest absolute Gasteiger partial charge is 0.462 e. The number of aliphatic imine (C=N–C) groups is 1. The molecule has 0 aliphatic carbocycles. The SMILES string of the molecule is CCOC(=O)c1c(-c2ccccc2)csc1NC(=O)CSC1=N/C(=C/c2cnn(C)c2)C(=O)N1CCCOC. The van der Waals surface area contributed by atoms with Crippen LogP contribution < -0.4 is 5.32 Å². The molecule has 0 radical (unpaired) electrons. The first-order valence-corrected chi connectivity index (χ1v) is 14.1. The van der Waals surface area contributed by atoms with E-state index in [1.807, 2.05) is 35.7 Å². The van der Waals surface area contributed by atoms with E-state index in [0.29, 0.717) is 40.9 Å². The quantitative estimate of drug-likeness (QED) is 0.209. The van der Waals surface area contributed by atoms with Crippen molar-refractivity contribution in [2.75, 3.05) is 37.9 Å². The fraction of sp³-hybridized carbons (Fsp3) is 0.296. The fourth-order valence-electron chi connectivity index (χ4n) is 3.86. The topological polar surface area (TPSA) is 115 Å². The Morgan fingerprint density at radius 3 is 2.72 bits per heavy atom. The highest BCUT2D eigenvalue weighted by molar-refractivity contribution is 8.14. The Morgan fingerprint density at radius 2 is 2.03 bits per heavy atom. The van der Waals surface area contributed by atoms with Crippen molar-refractivity contribution in [3.05, 3.63) is 64.9 Å². The predicted molar refractivity (Wildman–Crippen MR) is 154 cm³/mol. The number of amides is 2. The van der Waals surface area contributed by atoms with Crippen molar-refractivity contribution in [2.24, 2.45) is 12.0 Å². The normalized spacial score (nSPS) is 14.1. The first-order valence-electron chi connectivity index (χ1n) is 12.3. The van der Waals surface area contributed by atoms with Crippen molar-refractivity contribution in [3.8, 4) is 11.1 Å². The zero-order chi connectivity index (χ0) is 27.8. The second-order valence-corrected chi connectivity index (χ2v) is 10.3. The van der Waals surface area contributed by atoms with Crippen LogP contribution in [0.2, 0.25) is 0 Å². The number of rotatable bonds is 11. The third-order valence-corrected chi connectivity index (χ3v) is 7.48. The molecule has 2 amide bonds. The summed E-state index contributed by atoms with van der Waals surface area (Å²) >= 11 is 2.42. The van der Waals surface area contributed by atoms with Crippen molar-refractivity contribution in [1.82, 2.24) is 14.7 Å². The number of aromatic nitrogens is 2. The molecule has 0 fully saturated rings. The maximum atomic E-state index is 13.1.